The van der Waals surface area contributed by atoms with E-state index in [-0.39, 0.29) is 22.8 Å². The Hall–Kier alpha value is -3.97. The first-order valence-corrected chi connectivity index (χ1v) is 10.4. The first kappa shape index (κ1) is 22.2. The third-order valence-electron chi connectivity index (χ3n) is 5.16. The number of non-ortho nitro benzene ring substituents is 1. The summed E-state index contributed by atoms with van der Waals surface area (Å²) in [5.41, 5.74) is 2.16. The number of halogens is 1. The lowest BCUT2D eigenvalue weighted by atomic mass is 10.0. The quantitative estimate of drug-likeness (QED) is 0.200. The molecule has 3 aromatic carbocycles. The molecule has 8 heteroatoms. The van der Waals surface area contributed by atoms with Crippen LogP contribution in [-0.2, 0) is 0 Å². The van der Waals surface area contributed by atoms with Gasteiger partial charge >= 0.3 is 0 Å². The number of fused-ring (bicyclic) bond motifs is 1. The number of hydrogen-bond donors (Lipinski definition) is 0. The van der Waals surface area contributed by atoms with Crippen LogP contribution in [0.3, 0.4) is 0 Å². The van der Waals surface area contributed by atoms with Gasteiger partial charge in [-0.05, 0) is 55.3 Å². The van der Waals surface area contributed by atoms with Crippen LogP contribution in [0.25, 0.3) is 22.3 Å². The minimum atomic E-state index is -0.551. The first-order chi connectivity index (χ1) is 15.8. The number of nitro benzene ring substituents is 1. The van der Waals surface area contributed by atoms with E-state index in [2.05, 4.69) is 0 Å². The Kier molecular flexibility index (Phi) is 5.98. The lowest BCUT2D eigenvalue weighted by Crippen LogP contribution is -2.17. The summed E-state index contributed by atoms with van der Waals surface area (Å²) in [6, 6.07) is 15.6. The van der Waals surface area contributed by atoms with Crippen molar-refractivity contribution in [3.63, 3.8) is 0 Å². The number of ketones is 1. The highest BCUT2D eigenvalue weighted by atomic mass is 35.5. The number of hydrogen-bond acceptors (Lipinski definition) is 6. The van der Waals surface area contributed by atoms with Crippen LogP contribution < -0.4 is 10.2 Å². The van der Waals surface area contributed by atoms with Crippen LogP contribution in [0.15, 0.2) is 69.9 Å². The van der Waals surface area contributed by atoms with Crippen molar-refractivity contribution < 1.29 is 18.9 Å². The van der Waals surface area contributed by atoms with Crippen LogP contribution >= 0.6 is 11.6 Å². The lowest BCUT2D eigenvalue weighted by Gasteiger charge is -2.13. The Bertz CT molecular complexity index is 1460. The molecule has 0 amide bonds. The molecular weight excluding hydrogens is 446 g/mol. The molecule has 0 radical (unpaired) electrons. The largest absolute Gasteiger partial charge is 0.478 e. The molecule has 0 saturated carbocycles. The molecule has 33 heavy (non-hydrogen) atoms. The van der Waals surface area contributed by atoms with Gasteiger partial charge in [0.05, 0.1) is 15.3 Å². The normalized spacial score (nSPS) is 10.9. The van der Waals surface area contributed by atoms with Gasteiger partial charge in [-0.3, -0.25) is 19.7 Å². The fourth-order valence-corrected chi connectivity index (χ4v) is 3.84. The maximum atomic E-state index is 13.4. The van der Waals surface area contributed by atoms with Gasteiger partial charge in [0.1, 0.15) is 5.58 Å². The molecule has 0 spiro atoms. The lowest BCUT2D eigenvalue weighted by molar-refractivity contribution is -0.384. The van der Waals surface area contributed by atoms with Crippen LogP contribution in [0, 0.1) is 24.0 Å². The fourth-order valence-electron chi connectivity index (χ4n) is 3.62. The Labute approximate surface area is 193 Å². The molecule has 0 aliphatic heterocycles. The van der Waals surface area contributed by atoms with Crippen molar-refractivity contribution in [2.24, 2.45) is 0 Å². The summed E-state index contributed by atoms with van der Waals surface area (Å²) in [7, 11) is 0. The minimum absolute atomic E-state index is 0.125. The van der Waals surface area contributed by atoms with Crippen molar-refractivity contribution in [3.8, 4) is 17.1 Å². The van der Waals surface area contributed by atoms with E-state index in [4.69, 9.17) is 20.8 Å². The molecule has 0 fully saturated rings. The third-order valence-corrected chi connectivity index (χ3v) is 5.49. The summed E-state index contributed by atoms with van der Waals surface area (Å²) in [5, 5.41) is 11.5. The van der Waals surface area contributed by atoms with Gasteiger partial charge in [0, 0.05) is 23.3 Å². The molecule has 0 N–H and O–H groups in total. The van der Waals surface area contributed by atoms with Crippen LogP contribution in [-0.4, -0.2) is 17.3 Å². The van der Waals surface area contributed by atoms with E-state index in [1.807, 2.05) is 13.0 Å². The molecular formula is C25H18ClNO6. The molecule has 4 rings (SSSR count). The molecule has 0 aliphatic carbocycles. The van der Waals surface area contributed by atoms with Crippen molar-refractivity contribution >= 4 is 34.0 Å². The zero-order valence-corrected chi connectivity index (χ0v) is 18.5. The number of Topliss-reactive ketones (excluding diaryl/α,β-unsaturated/α-hetero) is 1. The summed E-state index contributed by atoms with van der Waals surface area (Å²) in [5.74, 6) is -0.451. The SMILES string of the molecule is Cc1cc(C)c2c(=O)c(OCC(=O)c3ccc([N+](=O)[O-])cc3)c(-c3ccccc3Cl)oc2c1. The summed E-state index contributed by atoms with van der Waals surface area (Å²) in [4.78, 5) is 36.3. The standard InChI is InChI=1S/C25H18ClNO6/c1-14-11-15(2)22-21(12-14)33-24(18-5-3-4-6-19(18)26)25(23(22)29)32-13-20(28)16-7-9-17(10-8-16)27(30)31/h3-12H,13H2,1-2H3. The monoisotopic (exact) mass is 463 g/mol. The van der Waals surface area contributed by atoms with Crippen molar-refractivity contribution in [2.75, 3.05) is 6.61 Å². The number of nitrogens with zero attached hydrogens (tertiary/aromatic N) is 1. The molecule has 4 aromatic rings. The number of aryl methyl sites for hydroxylation is 2. The van der Waals surface area contributed by atoms with Gasteiger partial charge in [-0.1, -0.05) is 29.8 Å². The second kappa shape index (κ2) is 8.88. The van der Waals surface area contributed by atoms with Crippen molar-refractivity contribution in [3.05, 3.63) is 103 Å². The maximum absolute atomic E-state index is 13.4. The summed E-state index contributed by atoms with van der Waals surface area (Å²) < 4.78 is 11.8. The molecule has 1 heterocycles. The van der Waals surface area contributed by atoms with Gasteiger partial charge < -0.3 is 9.15 Å². The van der Waals surface area contributed by atoms with E-state index < -0.39 is 22.7 Å². The predicted molar refractivity (Wildman–Crippen MR) is 125 cm³/mol. The van der Waals surface area contributed by atoms with Gasteiger partial charge in [-0.25, -0.2) is 0 Å². The topological polar surface area (TPSA) is 99.7 Å². The molecule has 1 aromatic heterocycles. The van der Waals surface area contributed by atoms with Crippen molar-refractivity contribution in [1.29, 1.82) is 0 Å². The van der Waals surface area contributed by atoms with Crippen molar-refractivity contribution in [1.82, 2.24) is 0 Å². The molecule has 0 unspecified atom stereocenters. The molecule has 7 nitrogen and oxygen atoms in total. The highest BCUT2D eigenvalue weighted by molar-refractivity contribution is 6.33. The highest BCUT2D eigenvalue weighted by Crippen LogP contribution is 2.36. The van der Waals surface area contributed by atoms with Crippen LogP contribution in [0.2, 0.25) is 5.02 Å². The Morgan fingerprint density at radius 2 is 1.79 bits per heavy atom. The van der Waals surface area contributed by atoms with E-state index in [0.29, 0.717) is 21.6 Å². The predicted octanol–water partition coefficient (Wildman–Crippen LogP) is 5.90. The molecule has 0 atom stereocenters. The number of carbonyl (C=O) groups is 1. The van der Waals surface area contributed by atoms with E-state index in [0.717, 1.165) is 11.1 Å². The summed E-state index contributed by atoms with van der Waals surface area (Å²) in [6.07, 6.45) is 0. The smallest absolute Gasteiger partial charge is 0.269 e. The maximum Gasteiger partial charge on any atom is 0.269 e. The number of ether oxygens (including phenoxy) is 1. The van der Waals surface area contributed by atoms with E-state index in [9.17, 15) is 19.7 Å². The van der Waals surface area contributed by atoms with Crippen LogP contribution in [0.5, 0.6) is 5.75 Å². The van der Waals surface area contributed by atoms with Gasteiger partial charge in [0.2, 0.25) is 11.2 Å². The minimum Gasteiger partial charge on any atom is -0.478 e. The molecule has 0 bridgehead atoms. The fraction of sp³-hybridized carbons (Fsp3) is 0.120. The van der Waals surface area contributed by atoms with Gasteiger partial charge in [-0.2, -0.15) is 0 Å². The van der Waals surface area contributed by atoms with E-state index in [1.165, 1.54) is 24.3 Å². The van der Waals surface area contributed by atoms with Crippen molar-refractivity contribution in [2.45, 2.75) is 13.8 Å². The van der Waals surface area contributed by atoms with E-state index in [1.54, 1.807) is 37.3 Å². The number of rotatable bonds is 6. The Balaban J connectivity index is 1.78. The number of benzene rings is 3. The zero-order valence-electron chi connectivity index (χ0n) is 17.8. The van der Waals surface area contributed by atoms with E-state index >= 15 is 0 Å². The van der Waals surface area contributed by atoms with Gasteiger partial charge in [-0.15, -0.1) is 0 Å². The van der Waals surface area contributed by atoms with Gasteiger partial charge in [0.25, 0.3) is 5.69 Å². The number of carbonyl (C=O) groups excluding carboxylic acids is 1. The Morgan fingerprint density at radius 3 is 2.45 bits per heavy atom. The average Bonchev–Trinajstić information content (AvgIpc) is 2.78. The van der Waals surface area contributed by atoms with Gasteiger partial charge in [0.15, 0.2) is 18.2 Å². The highest BCUT2D eigenvalue weighted by Gasteiger charge is 2.22. The third kappa shape index (κ3) is 4.36. The first-order valence-electron chi connectivity index (χ1n) is 9.99. The van der Waals surface area contributed by atoms with Crippen LogP contribution in [0.1, 0.15) is 21.5 Å². The summed E-state index contributed by atoms with van der Waals surface area (Å²) >= 11 is 6.36. The summed E-state index contributed by atoms with van der Waals surface area (Å²) in [6.45, 7) is 3.23. The molecule has 166 valence electrons. The number of nitro groups is 1. The Morgan fingerprint density at radius 1 is 1.09 bits per heavy atom. The second-order valence-electron chi connectivity index (χ2n) is 7.54. The molecule has 0 aliphatic rings. The van der Waals surface area contributed by atoms with Crippen LogP contribution in [0.4, 0.5) is 5.69 Å². The second-order valence-corrected chi connectivity index (χ2v) is 7.95. The molecule has 0 saturated heterocycles. The average molecular weight is 464 g/mol. The zero-order chi connectivity index (χ0) is 23.7.